The molecule has 0 bridgehead atoms. The highest BCUT2D eigenvalue weighted by atomic mass is 16.1. The number of hydrogen-bond acceptors (Lipinski definition) is 5. The predicted molar refractivity (Wildman–Crippen MR) is 103 cm³/mol. The van der Waals surface area contributed by atoms with Gasteiger partial charge in [0.15, 0.2) is 0 Å². The molecule has 0 radical (unpaired) electrons. The number of piperidine rings is 1. The van der Waals surface area contributed by atoms with Gasteiger partial charge < -0.3 is 10.6 Å². The Morgan fingerprint density at radius 3 is 2.77 bits per heavy atom. The maximum absolute atomic E-state index is 12.0. The maximum Gasteiger partial charge on any atom is 0.222 e. The Morgan fingerprint density at radius 2 is 1.96 bits per heavy atom. The van der Waals surface area contributed by atoms with Crippen LogP contribution in [0.5, 0.6) is 0 Å². The lowest BCUT2D eigenvalue weighted by molar-refractivity contribution is -0.121. The Balaban J connectivity index is 1.34. The van der Waals surface area contributed by atoms with Crippen molar-refractivity contribution in [1.82, 2.24) is 20.2 Å². The number of aromatic nitrogens is 2. The van der Waals surface area contributed by atoms with Crippen LogP contribution < -0.4 is 10.6 Å². The number of carbonyl (C=O) groups excluding carboxylic acids is 1. The molecule has 0 saturated carbocycles. The van der Waals surface area contributed by atoms with Crippen molar-refractivity contribution in [1.29, 1.82) is 0 Å². The van der Waals surface area contributed by atoms with Crippen molar-refractivity contribution in [3.63, 3.8) is 0 Å². The minimum absolute atomic E-state index is 0.0774. The van der Waals surface area contributed by atoms with Crippen molar-refractivity contribution in [3.8, 4) is 0 Å². The van der Waals surface area contributed by atoms with Gasteiger partial charge in [-0.25, -0.2) is 9.97 Å². The number of likely N-dealkylation sites (tertiary alicyclic amines) is 1. The van der Waals surface area contributed by atoms with E-state index < -0.39 is 0 Å². The first kappa shape index (κ1) is 18.3. The zero-order valence-corrected chi connectivity index (χ0v) is 15.1. The van der Waals surface area contributed by atoms with E-state index in [2.05, 4.69) is 55.8 Å². The molecule has 2 aromatic rings. The Bertz CT molecular complexity index is 664. The molecule has 1 aliphatic heterocycles. The topological polar surface area (TPSA) is 70.1 Å². The van der Waals surface area contributed by atoms with Crippen LogP contribution in [-0.4, -0.2) is 47.0 Å². The van der Waals surface area contributed by atoms with Gasteiger partial charge in [-0.2, -0.15) is 0 Å². The number of nitrogens with zero attached hydrogens (tertiary/aromatic N) is 3. The summed E-state index contributed by atoms with van der Waals surface area (Å²) in [5, 5.41) is 6.13. The molecular weight excluding hydrogens is 326 g/mol. The molecule has 1 fully saturated rings. The molecule has 1 aromatic carbocycles. The molecule has 26 heavy (non-hydrogen) atoms. The fraction of sp³-hybridized carbons (Fsp3) is 0.450. The van der Waals surface area contributed by atoms with Crippen molar-refractivity contribution in [2.45, 2.75) is 25.8 Å². The molecule has 1 amide bonds. The second-order valence-electron chi connectivity index (χ2n) is 6.78. The number of hydrogen-bond donors (Lipinski definition) is 2. The summed E-state index contributed by atoms with van der Waals surface area (Å²) >= 11 is 0. The second-order valence-corrected chi connectivity index (χ2v) is 6.78. The summed E-state index contributed by atoms with van der Waals surface area (Å²) in [4.78, 5) is 22.7. The maximum atomic E-state index is 12.0. The molecule has 0 spiro atoms. The molecule has 1 saturated heterocycles. The van der Waals surface area contributed by atoms with Gasteiger partial charge in [0.05, 0.1) is 0 Å². The predicted octanol–water partition coefficient (Wildman–Crippen LogP) is 2.31. The molecule has 0 unspecified atom stereocenters. The summed E-state index contributed by atoms with van der Waals surface area (Å²) in [5.74, 6) is 1.17. The lowest BCUT2D eigenvalue weighted by atomic mass is 9.97. The molecule has 138 valence electrons. The Kier molecular flexibility index (Phi) is 6.96. The average molecular weight is 353 g/mol. The SMILES string of the molecule is O=C(CCNc1ncccn1)NC[C@H]1CCCN(Cc2ccccc2)C1. The highest BCUT2D eigenvalue weighted by Gasteiger charge is 2.20. The molecule has 6 heteroatoms. The van der Waals surface area contributed by atoms with Crippen LogP contribution in [0, 0.1) is 5.92 Å². The lowest BCUT2D eigenvalue weighted by Gasteiger charge is -2.32. The second kappa shape index (κ2) is 9.87. The highest BCUT2D eigenvalue weighted by molar-refractivity contribution is 5.76. The minimum atomic E-state index is 0.0774. The lowest BCUT2D eigenvalue weighted by Crippen LogP contribution is -2.40. The molecule has 6 nitrogen and oxygen atoms in total. The quantitative estimate of drug-likeness (QED) is 0.762. The van der Waals surface area contributed by atoms with E-state index in [1.807, 2.05) is 0 Å². The Hall–Kier alpha value is -2.47. The number of carbonyl (C=O) groups is 1. The number of benzene rings is 1. The molecule has 2 N–H and O–H groups in total. The van der Waals surface area contributed by atoms with E-state index in [0.717, 1.165) is 26.2 Å². The van der Waals surface area contributed by atoms with Gasteiger partial charge in [0.2, 0.25) is 11.9 Å². The van der Waals surface area contributed by atoms with Crippen LogP contribution in [0.2, 0.25) is 0 Å². The van der Waals surface area contributed by atoms with E-state index in [1.54, 1.807) is 18.5 Å². The van der Waals surface area contributed by atoms with Gasteiger partial charge in [0.1, 0.15) is 0 Å². The molecule has 0 aliphatic carbocycles. The van der Waals surface area contributed by atoms with Crippen LogP contribution in [0.15, 0.2) is 48.8 Å². The summed E-state index contributed by atoms with van der Waals surface area (Å²) in [6.07, 6.45) is 6.17. The Morgan fingerprint density at radius 1 is 1.15 bits per heavy atom. The van der Waals surface area contributed by atoms with Gasteiger partial charge in [-0.1, -0.05) is 30.3 Å². The van der Waals surface area contributed by atoms with Crippen LogP contribution in [0.4, 0.5) is 5.95 Å². The minimum Gasteiger partial charge on any atom is -0.356 e. The summed E-state index contributed by atoms with van der Waals surface area (Å²) in [7, 11) is 0. The normalized spacial score (nSPS) is 17.6. The van der Waals surface area contributed by atoms with Crippen molar-refractivity contribution < 1.29 is 4.79 Å². The fourth-order valence-corrected chi connectivity index (χ4v) is 3.33. The monoisotopic (exact) mass is 353 g/mol. The summed E-state index contributed by atoms with van der Waals surface area (Å²) in [5.41, 5.74) is 1.35. The van der Waals surface area contributed by atoms with Crippen molar-refractivity contribution in [3.05, 3.63) is 54.4 Å². The third-order valence-electron chi connectivity index (χ3n) is 4.64. The highest BCUT2D eigenvalue weighted by Crippen LogP contribution is 2.18. The molecule has 1 aliphatic rings. The van der Waals surface area contributed by atoms with Crippen molar-refractivity contribution in [2.24, 2.45) is 5.92 Å². The van der Waals surface area contributed by atoms with Gasteiger partial charge in [0, 0.05) is 45.0 Å². The first-order chi connectivity index (χ1) is 12.8. The van der Waals surface area contributed by atoms with Gasteiger partial charge in [0.25, 0.3) is 0 Å². The van der Waals surface area contributed by atoms with Gasteiger partial charge >= 0.3 is 0 Å². The first-order valence-corrected chi connectivity index (χ1v) is 9.33. The molecule has 3 rings (SSSR count). The van der Waals surface area contributed by atoms with Crippen LogP contribution >= 0.6 is 0 Å². The van der Waals surface area contributed by atoms with E-state index in [1.165, 1.54) is 18.4 Å². The van der Waals surface area contributed by atoms with Crippen LogP contribution in [-0.2, 0) is 11.3 Å². The van der Waals surface area contributed by atoms with Gasteiger partial charge in [-0.3, -0.25) is 9.69 Å². The Labute approximate surface area is 155 Å². The molecule has 2 heterocycles. The van der Waals surface area contributed by atoms with E-state index in [-0.39, 0.29) is 5.91 Å². The zero-order chi connectivity index (χ0) is 18.0. The van der Waals surface area contributed by atoms with Crippen molar-refractivity contribution in [2.75, 3.05) is 31.5 Å². The number of anilines is 1. The van der Waals surface area contributed by atoms with Crippen LogP contribution in [0.25, 0.3) is 0 Å². The van der Waals surface area contributed by atoms with E-state index in [0.29, 0.717) is 24.8 Å². The average Bonchev–Trinajstić information content (AvgIpc) is 2.68. The summed E-state index contributed by atoms with van der Waals surface area (Å²) in [6.45, 7) is 4.48. The fourth-order valence-electron chi connectivity index (χ4n) is 3.33. The van der Waals surface area contributed by atoms with E-state index in [9.17, 15) is 4.79 Å². The van der Waals surface area contributed by atoms with Crippen LogP contribution in [0.3, 0.4) is 0 Å². The number of rotatable bonds is 8. The molecule has 1 aromatic heterocycles. The summed E-state index contributed by atoms with van der Waals surface area (Å²) < 4.78 is 0. The third-order valence-corrected chi connectivity index (χ3v) is 4.64. The third kappa shape index (κ3) is 6.11. The van der Waals surface area contributed by atoms with E-state index in [4.69, 9.17) is 0 Å². The standard InChI is InChI=1S/C20H27N5O/c26-19(9-12-23-20-21-10-5-11-22-20)24-14-18-8-4-13-25(16-18)15-17-6-2-1-3-7-17/h1-3,5-7,10-11,18H,4,8-9,12-16H2,(H,24,26)(H,21,22,23)/t18-/m1/s1. The molecule has 1 atom stereocenters. The zero-order valence-electron chi connectivity index (χ0n) is 15.1. The number of amides is 1. The van der Waals surface area contributed by atoms with E-state index >= 15 is 0 Å². The number of nitrogens with one attached hydrogen (secondary N) is 2. The summed E-state index contributed by atoms with van der Waals surface area (Å²) in [6, 6.07) is 12.3. The smallest absolute Gasteiger partial charge is 0.222 e. The van der Waals surface area contributed by atoms with Gasteiger partial charge in [-0.15, -0.1) is 0 Å². The van der Waals surface area contributed by atoms with Gasteiger partial charge in [-0.05, 0) is 36.9 Å². The first-order valence-electron chi connectivity index (χ1n) is 9.33. The van der Waals surface area contributed by atoms with Crippen LogP contribution in [0.1, 0.15) is 24.8 Å². The molecular formula is C20H27N5O. The largest absolute Gasteiger partial charge is 0.356 e. The van der Waals surface area contributed by atoms with Crippen molar-refractivity contribution >= 4 is 11.9 Å².